The predicted molar refractivity (Wildman–Crippen MR) is 126 cm³/mol. The molecule has 176 valence electrons. The summed E-state index contributed by atoms with van der Waals surface area (Å²) in [7, 11) is 3.29. The third-order valence-electron chi connectivity index (χ3n) is 6.51. The van der Waals surface area contributed by atoms with Gasteiger partial charge >= 0.3 is 0 Å². The highest BCUT2D eigenvalue weighted by Crippen LogP contribution is 2.38. The third-order valence-corrected chi connectivity index (χ3v) is 6.51. The Morgan fingerprint density at radius 3 is 2.67 bits per heavy atom. The molecule has 0 spiro atoms. The number of benzene rings is 2. The van der Waals surface area contributed by atoms with Crippen LogP contribution in [0.4, 0.5) is 17.1 Å². The quantitative estimate of drug-likeness (QED) is 0.372. The van der Waals surface area contributed by atoms with E-state index in [4.69, 9.17) is 9.47 Å². The van der Waals surface area contributed by atoms with Crippen molar-refractivity contribution in [3.63, 3.8) is 0 Å². The number of amides is 1. The molecule has 1 fully saturated rings. The van der Waals surface area contributed by atoms with E-state index < -0.39 is 0 Å². The van der Waals surface area contributed by atoms with Crippen molar-refractivity contribution in [3.8, 4) is 5.75 Å². The molecular formula is C24H30N4O5. The summed E-state index contributed by atoms with van der Waals surface area (Å²) in [5.41, 5.74) is 2.99. The topological polar surface area (TPSA) is 97.2 Å². The van der Waals surface area contributed by atoms with Gasteiger partial charge in [0.05, 0.1) is 24.0 Å². The Bertz CT molecular complexity index is 997. The second-order valence-electron chi connectivity index (χ2n) is 8.42. The molecule has 2 heterocycles. The Morgan fingerprint density at radius 1 is 1.18 bits per heavy atom. The second kappa shape index (κ2) is 10.1. The van der Waals surface area contributed by atoms with Crippen LogP contribution in [0.2, 0.25) is 0 Å². The van der Waals surface area contributed by atoms with Crippen LogP contribution >= 0.6 is 0 Å². The lowest BCUT2D eigenvalue weighted by molar-refractivity contribution is -0.384. The van der Waals surface area contributed by atoms with E-state index in [1.54, 1.807) is 26.4 Å². The van der Waals surface area contributed by atoms with Crippen LogP contribution in [0.3, 0.4) is 0 Å². The molecule has 0 aromatic heterocycles. The monoisotopic (exact) mass is 454 g/mol. The fourth-order valence-corrected chi connectivity index (χ4v) is 4.81. The first kappa shape index (κ1) is 22.8. The van der Waals surface area contributed by atoms with Gasteiger partial charge in [0.25, 0.3) is 5.69 Å². The third kappa shape index (κ3) is 4.88. The van der Waals surface area contributed by atoms with Crippen LogP contribution in [-0.4, -0.2) is 63.9 Å². The largest absolute Gasteiger partial charge is 0.497 e. The Hall–Kier alpha value is -3.33. The normalized spacial score (nSPS) is 19.5. The summed E-state index contributed by atoms with van der Waals surface area (Å²) < 4.78 is 10.4. The van der Waals surface area contributed by atoms with Gasteiger partial charge in [-0.3, -0.25) is 14.9 Å². The number of ether oxygens (including phenoxy) is 2. The van der Waals surface area contributed by atoms with Gasteiger partial charge in [-0.25, -0.2) is 0 Å². The molecule has 0 aliphatic carbocycles. The number of piperazine rings is 1. The molecule has 33 heavy (non-hydrogen) atoms. The van der Waals surface area contributed by atoms with Crippen molar-refractivity contribution in [1.82, 2.24) is 5.32 Å². The molecule has 1 amide bonds. The number of anilines is 2. The van der Waals surface area contributed by atoms with Crippen molar-refractivity contribution >= 4 is 23.0 Å². The fraction of sp³-hybridized carbons (Fsp3) is 0.458. The minimum Gasteiger partial charge on any atom is -0.497 e. The zero-order chi connectivity index (χ0) is 23.4. The Kier molecular flexibility index (Phi) is 6.98. The van der Waals surface area contributed by atoms with E-state index >= 15 is 0 Å². The first-order valence-electron chi connectivity index (χ1n) is 11.2. The molecule has 2 aromatic rings. The smallest absolute Gasteiger partial charge is 0.269 e. The number of nitrogens with zero attached hydrogens (tertiary/aromatic N) is 3. The van der Waals surface area contributed by atoms with Crippen LogP contribution in [0.5, 0.6) is 5.75 Å². The highest BCUT2D eigenvalue weighted by Gasteiger charge is 2.42. The molecular weight excluding hydrogens is 424 g/mol. The highest BCUT2D eigenvalue weighted by molar-refractivity contribution is 5.82. The Labute approximate surface area is 193 Å². The number of carbonyl (C=O) groups is 1. The minimum atomic E-state index is -0.381. The van der Waals surface area contributed by atoms with Gasteiger partial charge in [-0.05, 0) is 48.7 Å². The minimum absolute atomic E-state index is 0.0187. The molecule has 2 atom stereocenters. The average molecular weight is 455 g/mol. The summed E-state index contributed by atoms with van der Waals surface area (Å²) in [4.78, 5) is 28.7. The van der Waals surface area contributed by atoms with Crippen LogP contribution < -0.4 is 19.9 Å². The molecule has 0 bridgehead atoms. The number of nitrogens with one attached hydrogen (secondary N) is 1. The number of hydrogen-bond acceptors (Lipinski definition) is 7. The van der Waals surface area contributed by atoms with Crippen LogP contribution in [0.25, 0.3) is 0 Å². The maximum Gasteiger partial charge on any atom is 0.269 e. The number of rotatable bonds is 8. The summed E-state index contributed by atoms with van der Waals surface area (Å²) >= 11 is 0. The van der Waals surface area contributed by atoms with Gasteiger partial charge in [0.1, 0.15) is 5.75 Å². The van der Waals surface area contributed by atoms with Gasteiger partial charge in [-0.2, -0.15) is 0 Å². The molecule has 4 rings (SSSR count). The highest BCUT2D eigenvalue weighted by atomic mass is 16.6. The zero-order valence-corrected chi connectivity index (χ0v) is 19.0. The molecule has 0 radical (unpaired) electrons. The fourth-order valence-electron chi connectivity index (χ4n) is 4.81. The first-order valence-corrected chi connectivity index (χ1v) is 11.2. The number of methoxy groups -OCH3 is 2. The average Bonchev–Trinajstić information content (AvgIpc) is 2.85. The lowest BCUT2D eigenvalue weighted by atomic mass is 9.83. The van der Waals surface area contributed by atoms with Crippen LogP contribution in [0, 0.1) is 16.0 Å². The van der Waals surface area contributed by atoms with E-state index in [0.717, 1.165) is 42.2 Å². The molecule has 9 heteroatoms. The first-order chi connectivity index (χ1) is 16.0. The van der Waals surface area contributed by atoms with Gasteiger partial charge in [0.2, 0.25) is 5.91 Å². The Balaban J connectivity index is 1.59. The number of carbonyl (C=O) groups excluding carboxylic acids is 1. The lowest BCUT2D eigenvalue weighted by Gasteiger charge is -2.49. The number of hydrogen-bond donors (Lipinski definition) is 1. The summed E-state index contributed by atoms with van der Waals surface area (Å²) in [6.07, 6.45) is 1.22. The molecule has 2 aliphatic heterocycles. The van der Waals surface area contributed by atoms with E-state index in [9.17, 15) is 14.9 Å². The summed E-state index contributed by atoms with van der Waals surface area (Å²) in [5.74, 6) is 0.483. The number of nitro groups is 1. The van der Waals surface area contributed by atoms with Crippen LogP contribution in [-0.2, 0) is 16.0 Å². The van der Waals surface area contributed by atoms with Crippen molar-refractivity contribution in [2.45, 2.75) is 18.9 Å². The standard InChI is InChI=1S/C24H30N4O5/c1-32-13-3-10-25-24(29)21-15-17-14-19(28(30)31)6-9-22(17)27-12-11-26(16-23(21)27)18-4-7-20(33-2)8-5-18/h4-9,14,21,23H,3,10-13,15-16H2,1-2H3,(H,25,29)/t21-,23-/m1/s1. The molecule has 1 N–H and O–H groups in total. The maximum absolute atomic E-state index is 13.2. The van der Waals surface area contributed by atoms with Crippen molar-refractivity contribution in [3.05, 3.63) is 58.1 Å². The summed E-state index contributed by atoms with van der Waals surface area (Å²) in [5, 5.41) is 14.4. The summed E-state index contributed by atoms with van der Waals surface area (Å²) in [6, 6.07) is 12.9. The molecule has 2 aliphatic rings. The number of non-ortho nitro benzene ring substituents is 1. The van der Waals surface area contributed by atoms with Crippen molar-refractivity contribution < 1.29 is 19.2 Å². The molecule has 0 unspecified atom stereocenters. The second-order valence-corrected chi connectivity index (χ2v) is 8.42. The van der Waals surface area contributed by atoms with Gasteiger partial charge in [-0.15, -0.1) is 0 Å². The van der Waals surface area contributed by atoms with E-state index in [2.05, 4.69) is 15.1 Å². The summed E-state index contributed by atoms with van der Waals surface area (Å²) in [6.45, 7) is 3.34. The molecule has 9 nitrogen and oxygen atoms in total. The van der Waals surface area contributed by atoms with Crippen molar-refractivity contribution in [1.29, 1.82) is 0 Å². The maximum atomic E-state index is 13.2. The van der Waals surface area contributed by atoms with Gasteiger partial charge in [-0.1, -0.05) is 0 Å². The van der Waals surface area contributed by atoms with Gasteiger partial charge < -0.3 is 24.6 Å². The molecule has 2 aromatic carbocycles. The predicted octanol–water partition coefficient (Wildman–Crippen LogP) is 2.62. The van der Waals surface area contributed by atoms with Crippen molar-refractivity contribution in [2.24, 2.45) is 5.92 Å². The Morgan fingerprint density at radius 2 is 1.97 bits per heavy atom. The van der Waals surface area contributed by atoms with E-state index in [-0.39, 0.29) is 28.5 Å². The lowest BCUT2D eigenvalue weighted by Crippen LogP contribution is -2.61. The van der Waals surface area contributed by atoms with Crippen molar-refractivity contribution in [2.75, 3.05) is 56.8 Å². The van der Waals surface area contributed by atoms with E-state index in [0.29, 0.717) is 26.1 Å². The van der Waals surface area contributed by atoms with Crippen LogP contribution in [0.1, 0.15) is 12.0 Å². The van der Waals surface area contributed by atoms with Gasteiger partial charge in [0, 0.05) is 63.4 Å². The van der Waals surface area contributed by atoms with E-state index in [1.807, 2.05) is 30.3 Å². The zero-order valence-electron chi connectivity index (χ0n) is 19.0. The van der Waals surface area contributed by atoms with Crippen LogP contribution in [0.15, 0.2) is 42.5 Å². The SMILES string of the molecule is COCCCNC(=O)[C@@H]1Cc2cc([N+](=O)[O-])ccc2N2CCN(c3ccc(OC)cc3)C[C@H]12. The van der Waals surface area contributed by atoms with E-state index in [1.165, 1.54) is 0 Å². The number of fused-ring (bicyclic) bond motifs is 3. The van der Waals surface area contributed by atoms with Gasteiger partial charge in [0.15, 0.2) is 0 Å². The molecule has 0 saturated carbocycles. The number of nitro benzene ring substituents is 1. The molecule has 1 saturated heterocycles.